The van der Waals surface area contributed by atoms with E-state index in [9.17, 15) is 14.4 Å². The van der Waals surface area contributed by atoms with Gasteiger partial charge in [0.2, 0.25) is 0 Å². The van der Waals surface area contributed by atoms with Crippen LogP contribution in [0.1, 0.15) is 239 Å². The average molecular weight is 851 g/mol. The van der Waals surface area contributed by atoms with Gasteiger partial charge in [-0.05, 0) is 83.5 Å². The number of carbonyl (C=O) groups is 3. The molecule has 0 aliphatic carbocycles. The van der Waals surface area contributed by atoms with Crippen LogP contribution in [0.2, 0.25) is 0 Å². The summed E-state index contributed by atoms with van der Waals surface area (Å²) in [5.41, 5.74) is 0. The summed E-state index contributed by atoms with van der Waals surface area (Å²) in [5.74, 6) is -0.999. The SMILES string of the molecule is CCCCC/C=C\C/C=C\C/C=C\C/C=C\C/C=C\CCC(=O)O[C@H](COC(=O)CCCCCCC/C=C\CCCCCC)COC(=O)CCCCCCCCCCCCC. The number of hydrogen-bond acceptors (Lipinski definition) is 6. The monoisotopic (exact) mass is 851 g/mol. The van der Waals surface area contributed by atoms with Gasteiger partial charge in [0.05, 0.1) is 0 Å². The Morgan fingerprint density at radius 1 is 0.328 bits per heavy atom. The largest absolute Gasteiger partial charge is 0.462 e. The van der Waals surface area contributed by atoms with E-state index in [0.29, 0.717) is 19.3 Å². The first-order valence-corrected chi connectivity index (χ1v) is 25.4. The van der Waals surface area contributed by atoms with E-state index in [1.165, 1.54) is 116 Å². The van der Waals surface area contributed by atoms with Gasteiger partial charge in [-0.25, -0.2) is 0 Å². The number of ether oxygens (including phenoxy) is 3. The summed E-state index contributed by atoms with van der Waals surface area (Å²) in [6, 6.07) is 0. The maximum absolute atomic E-state index is 12.7. The van der Waals surface area contributed by atoms with Crippen LogP contribution in [0.15, 0.2) is 72.9 Å². The van der Waals surface area contributed by atoms with Gasteiger partial charge in [-0.2, -0.15) is 0 Å². The summed E-state index contributed by atoms with van der Waals surface area (Å²) in [4.78, 5) is 37.9. The highest BCUT2D eigenvalue weighted by Gasteiger charge is 2.19. The molecule has 0 saturated carbocycles. The molecule has 0 rings (SSSR count). The molecule has 350 valence electrons. The van der Waals surface area contributed by atoms with Crippen molar-refractivity contribution in [3.05, 3.63) is 72.9 Å². The highest BCUT2D eigenvalue weighted by Crippen LogP contribution is 2.14. The first-order chi connectivity index (χ1) is 30.0. The minimum absolute atomic E-state index is 0.106. The third-order valence-corrected chi connectivity index (χ3v) is 10.7. The van der Waals surface area contributed by atoms with E-state index in [1.807, 2.05) is 6.08 Å². The molecule has 0 aromatic carbocycles. The summed E-state index contributed by atoms with van der Waals surface area (Å²) >= 11 is 0. The number of rotatable bonds is 45. The first-order valence-electron chi connectivity index (χ1n) is 25.4. The second-order valence-corrected chi connectivity index (χ2v) is 16.7. The summed E-state index contributed by atoms with van der Waals surface area (Å²) in [5, 5.41) is 0. The fraction of sp³-hybridized carbons (Fsp3) is 0.727. The molecule has 0 aromatic rings. The molecule has 1 atom stereocenters. The van der Waals surface area contributed by atoms with E-state index in [2.05, 4.69) is 87.6 Å². The van der Waals surface area contributed by atoms with Crippen molar-refractivity contribution < 1.29 is 28.6 Å². The minimum atomic E-state index is -0.815. The lowest BCUT2D eigenvalue weighted by atomic mass is 10.1. The van der Waals surface area contributed by atoms with Gasteiger partial charge in [0, 0.05) is 19.3 Å². The van der Waals surface area contributed by atoms with Crippen molar-refractivity contribution in [3.8, 4) is 0 Å². The van der Waals surface area contributed by atoms with Gasteiger partial charge < -0.3 is 14.2 Å². The molecule has 0 aliphatic rings. The zero-order chi connectivity index (χ0) is 44.4. The van der Waals surface area contributed by atoms with E-state index < -0.39 is 12.1 Å². The fourth-order valence-electron chi connectivity index (χ4n) is 6.83. The molecule has 0 saturated heterocycles. The molecule has 61 heavy (non-hydrogen) atoms. The van der Waals surface area contributed by atoms with E-state index in [-0.39, 0.29) is 31.6 Å². The Morgan fingerprint density at radius 3 is 1.05 bits per heavy atom. The van der Waals surface area contributed by atoms with Gasteiger partial charge in [0.25, 0.3) is 0 Å². The highest BCUT2D eigenvalue weighted by atomic mass is 16.6. The van der Waals surface area contributed by atoms with E-state index in [4.69, 9.17) is 14.2 Å². The van der Waals surface area contributed by atoms with Crippen LogP contribution in [0.5, 0.6) is 0 Å². The Labute approximate surface area is 376 Å². The molecule has 0 radical (unpaired) electrons. The number of esters is 3. The average Bonchev–Trinajstić information content (AvgIpc) is 3.26. The van der Waals surface area contributed by atoms with Crippen molar-refractivity contribution in [2.45, 2.75) is 245 Å². The van der Waals surface area contributed by atoms with Gasteiger partial charge >= 0.3 is 17.9 Å². The van der Waals surface area contributed by atoms with E-state index in [0.717, 1.165) is 77.0 Å². The van der Waals surface area contributed by atoms with Gasteiger partial charge in [-0.3, -0.25) is 14.4 Å². The second-order valence-electron chi connectivity index (χ2n) is 16.7. The Kier molecular flexibility index (Phi) is 46.9. The van der Waals surface area contributed by atoms with Gasteiger partial charge in [0.1, 0.15) is 13.2 Å². The standard InChI is InChI=1S/C55H94O6/c1-4-7-10-13-16-19-22-24-25-26-27-28-29-31-34-37-40-43-46-49-55(58)61-52(50-59-53(56)47-44-41-38-35-32-21-18-15-12-9-6-3)51-60-54(57)48-45-42-39-36-33-30-23-20-17-14-11-8-5-2/h16,19-20,23-25,27-28,31,34,40,43,52H,4-15,17-18,21-22,26,29-30,32-33,35-39,41-42,44-51H2,1-3H3/b19-16-,23-20-,25-24-,28-27-,34-31-,43-40-/t52-/m0/s1. The van der Waals surface area contributed by atoms with Crippen LogP contribution in [0.4, 0.5) is 0 Å². The smallest absolute Gasteiger partial charge is 0.306 e. The van der Waals surface area contributed by atoms with Crippen LogP contribution >= 0.6 is 0 Å². The van der Waals surface area contributed by atoms with Crippen molar-refractivity contribution >= 4 is 17.9 Å². The van der Waals surface area contributed by atoms with E-state index in [1.54, 1.807) is 0 Å². The molecule has 0 aromatic heterocycles. The van der Waals surface area contributed by atoms with Gasteiger partial charge in [0.15, 0.2) is 6.10 Å². The molecule has 0 fully saturated rings. The van der Waals surface area contributed by atoms with Crippen LogP contribution in [-0.2, 0) is 28.6 Å². The maximum Gasteiger partial charge on any atom is 0.306 e. The number of unbranched alkanes of at least 4 members (excludes halogenated alkanes) is 22. The molecule has 0 amide bonds. The van der Waals surface area contributed by atoms with Crippen LogP contribution in [0.25, 0.3) is 0 Å². The van der Waals surface area contributed by atoms with Crippen LogP contribution < -0.4 is 0 Å². The Bertz CT molecular complexity index is 1160. The molecule has 0 heterocycles. The minimum Gasteiger partial charge on any atom is -0.462 e. The molecule has 0 spiro atoms. The van der Waals surface area contributed by atoms with Gasteiger partial charge in [-0.15, -0.1) is 0 Å². The highest BCUT2D eigenvalue weighted by molar-refractivity contribution is 5.71. The van der Waals surface area contributed by atoms with Crippen molar-refractivity contribution in [3.63, 3.8) is 0 Å². The van der Waals surface area contributed by atoms with Crippen LogP contribution in [0, 0.1) is 0 Å². The van der Waals surface area contributed by atoms with Gasteiger partial charge in [-0.1, -0.05) is 209 Å². The quantitative estimate of drug-likeness (QED) is 0.0263. The molecule has 6 nitrogen and oxygen atoms in total. The molecular weight excluding hydrogens is 757 g/mol. The van der Waals surface area contributed by atoms with Crippen LogP contribution in [0.3, 0.4) is 0 Å². The third kappa shape index (κ3) is 47.7. The summed E-state index contributed by atoms with van der Waals surface area (Å²) in [7, 11) is 0. The van der Waals surface area contributed by atoms with Crippen LogP contribution in [-0.4, -0.2) is 37.2 Å². The topological polar surface area (TPSA) is 78.9 Å². The Hall–Kier alpha value is -3.15. The number of allylic oxidation sites excluding steroid dienone is 12. The van der Waals surface area contributed by atoms with E-state index >= 15 is 0 Å². The molecule has 0 N–H and O–H groups in total. The number of carbonyl (C=O) groups excluding carboxylic acids is 3. The lowest BCUT2D eigenvalue weighted by Crippen LogP contribution is -2.30. The Balaban J connectivity index is 4.50. The first kappa shape index (κ1) is 57.9. The molecule has 6 heteroatoms. The normalized spacial score (nSPS) is 12.6. The molecule has 0 bridgehead atoms. The predicted octanol–water partition coefficient (Wildman–Crippen LogP) is 16.6. The summed E-state index contributed by atoms with van der Waals surface area (Å²) < 4.78 is 16.7. The maximum atomic E-state index is 12.7. The molecular formula is C55H94O6. The number of hydrogen-bond donors (Lipinski definition) is 0. The summed E-state index contributed by atoms with van der Waals surface area (Å²) in [6.07, 6.45) is 61.8. The zero-order valence-electron chi connectivity index (χ0n) is 39.9. The van der Waals surface area contributed by atoms with Crippen molar-refractivity contribution in [2.24, 2.45) is 0 Å². The van der Waals surface area contributed by atoms with Crippen molar-refractivity contribution in [1.29, 1.82) is 0 Å². The molecule has 0 aliphatic heterocycles. The third-order valence-electron chi connectivity index (χ3n) is 10.7. The summed E-state index contributed by atoms with van der Waals surface area (Å²) in [6.45, 7) is 6.51. The molecule has 0 unspecified atom stereocenters. The van der Waals surface area contributed by atoms with Crippen molar-refractivity contribution in [1.82, 2.24) is 0 Å². The zero-order valence-corrected chi connectivity index (χ0v) is 39.9. The fourth-order valence-corrected chi connectivity index (χ4v) is 6.83. The lowest BCUT2D eigenvalue weighted by Gasteiger charge is -2.18. The Morgan fingerprint density at radius 2 is 0.623 bits per heavy atom. The lowest BCUT2D eigenvalue weighted by molar-refractivity contribution is -0.166. The van der Waals surface area contributed by atoms with Crippen molar-refractivity contribution in [2.75, 3.05) is 13.2 Å². The second kappa shape index (κ2) is 49.5. The predicted molar refractivity (Wildman–Crippen MR) is 261 cm³/mol.